The van der Waals surface area contributed by atoms with E-state index < -0.39 is 0 Å². The molecule has 0 saturated heterocycles. The van der Waals surface area contributed by atoms with Crippen LogP contribution in [0.15, 0.2) is 12.1 Å². The monoisotopic (exact) mass is 323 g/mol. The molecule has 1 aromatic rings. The van der Waals surface area contributed by atoms with E-state index in [4.69, 9.17) is 21.1 Å². The van der Waals surface area contributed by atoms with Crippen molar-refractivity contribution in [3.63, 3.8) is 0 Å². The van der Waals surface area contributed by atoms with Crippen molar-refractivity contribution in [3.05, 3.63) is 22.7 Å². The quantitative estimate of drug-likeness (QED) is 0.838. The highest BCUT2D eigenvalue weighted by Gasteiger charge is 2.20. The van der Waals surface area contributed by atoms with E-state index in [0.717, 1.165) is 19.3 Å². The molecule has 4 nitrogen and oxygen atoms in total. The normalized spacial score (nSPS) is 19.1. The van der Waals surface area contributed by atoms with Crippen LogP contribution < -0.4 is 14.8 Å². The van der Waals surface area contributed by atoms with Crippen LogP contribution in [0.4, 0.5) is 0 Å². The van der Waals surface area contributed by atoms with Crippen LogP contribution in [0.3, 0.4) is 0 Å². The maximum atomic E-state index is 12.5. The molecule has 0 spiro atoms. The molecular weight excluding hydrogens is 302 g/mol. The van der Waals surface area contributed by atoms with Crippen molar-refractivity contribution in [2.45, 2.75) is 51.0 Å². The number of fused-ring (bicyclic) bond motifs is 1. The van der Waals surface area contributed by atoms with E-state index >= 15 is 0 Å². The van der Waals surface area contributed by atoms with Gasteiger partial charge in [-0.3, -0.25) is 4.79 Å². The smallest absolute Gasteiger partial charge is 0.251 e. The van der Waals surface area contributed by atoms with E-state index in [1.54, 1.807) is 12.1 Å². The second-order valence-corrected chi connectivity index (χ2v) is 6.40. The second-order valence-electron chi connectivity index (χ2n) is 6.00. The summed E-state index contributed by atoms with van der Waals surface area (Å²) in [7, 11) is 0. The Morgan fingerprint density at radius 2 is 1.77 bits per heavy atom. The summed E-state index contributed by atoms with van der Waals surface area (Å²) in [5.41, 5.74) is 0.540. The summed E-state index contributed by atoms with van der Waals surface area (Å²) in [5, 5.41) is 3.57. The number of ether oxygens (including phenoxy) is 2. The zero-order chi connectivity index (χ0) is 15.4. The molecule has 3 rings (SSSR count). The summed E-state index contributed by atoms with van der Waals surface area (Å²) in [6.07, 6.45) is 7.84. The van der Waals surface area contributed by atoms with Gasteiger partial charge >= 0.3 is 0 Å². The number of rotatable bonds is 2. The molecule has 0 atom stereocenters. The van der Waals surface area contributed by atoms with Gasteiger partial charge in [0, 0.05) is 18.0 Å². The zero-order valence-corrected chi connectivity index (χ0v) is 13.5. The maximum Gasteiger partial charge on any atom is 0.251 e. The minimum atomic E-state index is -0.0792. The van der Waals surface area contributed by atoms with Gasteiger partial charge in [-0.2, -0.15) is 0 Å². The lowest BCUT2D eigenvalue weighted by atomic mass is 10.1. The first-order valence-corrected chi connectivity index (χ1v) is 8.52. The van der Waals surface area contributed by atoms with Gasteiger partial charge in [0.25, 0.3) is 5.91 Å². The van der Waals surface area contributed by atoms with Crippen LogP contribution in [0.2, 0.25) is 5.02 Å². The van der Waals surface area contributed by atoms with Gasteiger partial charge in [0.15, 0.2) is 11.5 Å². The fourth-order valence-corrected chi connectivity index (χ4v) is 3.32. The standard InChI is InChI=1S/C17H22ClNO3/c18-14-10-12(11-15-16(14)22-9-5-8-21-15)17(20)19-13-6-3-1-2-4-7-13/h10-11,13H,1-9H2,(H,19,20). The molecule has 2 aliphatic rings. The lowest BCUT2D eigenvalue weighted by Crippen LogP contribution is -2.34. The van der Waals surface area contributed by atoms with Gasteiger partial charge < -0.3 is 14.8 Å². The van der Waals surface area contributed by atoms with Crippen LogP contribution in [0.5, 0.6) is 11.5 Å². The molecule has 1 aliphatic carbocycles. The highest BCUT2D eigenvalue weighted by Crippen LogP contribution is 2.38. The summed E-state index contributed by atoms with van der Waals surface area (Å²) in [5.74, 6) is 1.03. The molecule has 1 N–H and O–H groups in total. The van der Waals surface area contributed by atoms with Crippen LogP contribution in [-0.2, 0) is 0 Å². The van der Waals surface area contributed by atoms with Crippen molar-refractivity contribution >= 4 is 17.5 Å². The molecule has 1 fully saturated rings. The van der Waals surface area contributed by atoms with Crippen LogP contribution >= 0.6 is 11.6 Å². The topological polar surface area (TPSA) is 47.6 Å². The maximum absolute atomic E-state index is 12.5. The van der Waals surface area contributed by atoms with E-state index in [1.807, 2.05) is 0 Å². The third kappa shape index (κ3) is 3.67. The molecule has 22 heavy (non-hydrogen) atoms. The van der Waals surface area contributed by atoms with Crippen molar-refractivity contribution < 1.29 is 14.3 Å². The van der Waals surface area contributed by atoms with Crippen LogP contribution in [0.1, 0.15) is 55.3 Å². The summed E-state index contributed by atoms with van der Waals surface area (Å²) in [4.78, 5) is 12.5. The number of nitrogens with one attached hydrogen (secondary N) is 1. The number of carbonyl (C=O) groups is 1. The van der Waals surface area contributed by atoms with Gasteiger partial charge in [-0.05, 0) is 25.0 Å². The number of hydrogen-bond acceptors (Lipinski definition) is 3. The lowest BCUT2D eigenvalue weighted by molar-refractivity contribution is 0.0933. The fraction of sp³-hybridized carbons (Fsp3) is 0.588. The second kappa shape index (κ2) is 7.23. The van der Waals surface area contributed by atoms with E-state index in [2.05, 4.69) is 5.32 Å². The first-order chi connectivity index (χ1) is 10.7. The number of amides is 1. The highest BCUT2D eigenvalue weighted by atomic mass is 35.5. The van der Waals surface area contributed by atoms with Crippen molar-refractivity contribution in [1.29, 1.82) is 0 Å². The van der Waals surface area contributed by atoms with Crippen molar-refractivity contribution in [1.82, 2.24) is 5.32 Å². The van der Waals surface area contributed by atoms with Gasteiger partial charge in [-0.15, -0.1) is 0 Å². The van der Waals surface area contributed by atoms with Gasteiger partial charge in [0.1, 0.15) is 0 Å². The number of carbonyl (C=O) groups excluding carboxylic acids is 1. The molecule has 0 bridgehead atoms. The molecule has 1 saturated carbocycles. The van der Waals surface area contributed by atoms with Gasteiger partial charge in [-0.25, -0.2) is 0 Å². The minimum Gasteiger partial charge on any atom is -0.489 e. The Kier molecular flexibility index (Phi) is 5.08. The summed E-state index contributed by atoms with van der Waals surface area (Å²) >= 11 is 6.25. The zero-order valence-electron chi connectivity index (χ0n) is 12.7. The van der Waals surface area contributed by atoms with E-state index in [-0.39, 0.29) is 11.9 Å². The third-order valence-corrected chi connectivity index (χ3v) is 4.54. The van der Waals surface area contributed by atoms with E-state index in [1.165, 1.54) is 25.7 Å². The molecule has 0 unspecified atom stereocenters. The number of halogens is 1. The van der Waals surface area contributed by atoms with E-state index in [9.17, 15) is 4.79 Å². The largest absolute Gasteiger partial charge is 0.489 e. The molecule has 0 radical (unpaired) electrons. The minimum absolute atomic E-state index is 0.0792. The Bertz CT molecular complexity index is 539. The SMILES string of the molecule is O=C(NC1CCCCCC1)c1cc(Cl)c2c(c1)OCCCO2. The van der Waals surface area contributed by atoms with Crippen LogP contribution in [-0.4, -0.2) is 25.2 Å². The van der Waals surface area contributed by atoms with Crippen LogP contribution in [0.25, 0.3) is 0 Å². The Labute approximate surface area is 136 Å². The van der Waals surface area contributed by atoms with Gasteiger partial charge in [0.2, 0.25) is 0 Å². The average Bonchev–Trinajstić information content (AvgIpc) is 2.89. The third-order valence-electron chi connectivity index (χ3n) is 4.25. The molecule has 0 aromatic heterocycles. The first kappa shape index (κ1) is 15.5. The number of benzene rings is 1. The molecule has 5 heteroatoms. The molecule has 1 amide bonds. The predicted molar refractivity (Wildman–Crippen MR) is 86.0 cm³/mol. The Balaban J connectivity index is 1.74. The summed E-state index contributed by atoms with van der Waals surface area (Å²) < 4.78 is 11.2. The molecule has 1 aliphatic heterocycles. The van der Waals surface area contributed by atoms with Crippen molar-refractivity contribution in [3.8, 4) is 11.5 Å². The highest BCUT2D eigenvalue weighted by molar-refractivity contribution is 6.32. The molecule has 1 aromatic carbocycles. The summed E-state index contributed by atoms with van der Waals surface area (Å²) in [6, 6.07) is 3.67. The summed E-state index contributed by atoms with van der Waals surface area (Å²) in [6.45, 7) is 1.16. The Morgan fingerprint density at radius 1 is 1.05 bits per heavy atom. The first-order valence-electron chi connectivity index (χ1n) is 8.14. The van der Waals surface area contributed by atoms with E-state index in [0.29, 0.717) is 35.3 Å². The van der Waals surface area contributed by atoms with Crippen LogP contribution in [0, 0.1) is 0 Å². The number of hydrogen-bond donors (Lipinski definition) is 1. The Morgan fingerprint density at radius 3 is 2.55 bits per heavy atom. The predicted octanol–water partition coefficient (Wildman–Crippen LogP) is 3.95. The Hall–Kier alpha value is -1.42. The fourth-order valence-electron chi connectivity index (χ4n) is 3.05. The van der Waals surface area contributed by atoms with Crippen molar-refractivity contribution in [2.24, 2.45) is 0 Å². The molecule has 1 heterocycles. The lowest BCUT2D eigenvalue weighted by Gasteiger charge is -2.17. The molecule has 120 valence electrons. The van der Waals surface area contributed by atoms with Gasteiger partial charge in [0.05, 0.1) is 18.2 Å². The average molecular weight is 324 g/mol. The molecular formula is C17H22ClNO3. The van der Waals surface area contributed by atoms with Gasteiger partial charge in [-0.1, -0.05) is 37.3 Å². The van der Waals surface area contributed by atoms with Crippen molar-refractivity contribution in [2.75, 3.05) is 13.2 Å².